The van der Waals surface area contributed by atoms with Gasteiger partial charge >= 0.3 is 0 Å². The Morgan fingerprint density at radius 1 is 0.931 bits per heavy atom. The molecule has 0 aliphatic carbocycles. The smallest absolute Gasteiger partial charge is 0.186 e. The summed E-state index contributed by atoms with van der Waals surface area (Å²) in [5, 5.41) is 1.22. The lowest BCUT2D eigenvalue weighted by Gasteiger charge is -2.22. The molecule has 0 N–H and O–H groups in total. The Kier molecular flexibility index (Phi) is 5.43. The number of carbonyl (C=O) groups excluding carboxylic acids is 1. The topological polar surface area (TPSA) is 35.5 Å². The van der Waals surface area contributed by atoms with Crippen molar-refractivity contribution in [2.45, 2.75) is 0 Å². The molecule has 0 bridgehead atoms. The molecule has 0 unspecified atom stereocenters. The third kappa shape index (κ3) is 4.07. The van der Waals surface area contributed by atoms with E-state index in [4.69, 9.17) is 32.7 Å². The fourth-order valence-electron chi connectivity index (χ4n) is 3.08. The van der Waals surface area contributed by atoms with Crippen LogP contribution in [0, 0.1) is 0 Å². The van der Waals surface area contributed by atoms with Gasteiger partial charge in [0.25, 0.3) is 0 Å². The molecule has 0 fully saturated rings. The summed E-state index contributed by atoms with van der Waals surface area (Å²) in [5.74, 6) is 1.64. The van der Waals surface area contributed by atoms with Crippen molar-refractivity contribution in [3.05, 3.63) is 106 Å². The fourth-order valence-corrected chi connectivity index (χ4v) is 3.33. The summed E-state index contributed by atoms with van der Waals surface area (Å²) in [6, 6.07) is 19.7. The summed E-state index contributed by atoms with van der Waals surface area (Å²) in [7, 11) is 1.58. The summed E-state index contributed by atoms with van der Waals surface area (Å²) in [6.45, 7) is 0. The van der Waals surface area contributed by atoms with Crippen LogP contribution in [-0.2, 0) is 0 Å². The highest BCUT2D eigenvalue weighted by Gasteiger charge is 2.22. The van der Waals surface area contributed by atoms with Crippen molar-refractivity contribution in [3.63, 3.8) is 0 Å². The molecule has 0 aromatic heterocycles. The summed E-state index contributed by atoms with van der Waals surface area (Å²) < 4.78 is 11.6. The summed E-state index contributed by atoms with van der Waals surface area (Å²) in [5.41, 5.74) is 2.91. The molecule has 144 valence electrons. The molecule has 1 aliphatic rings. The van der Waals surface area contributed by atoms with Gasteiger partial charge in [-0.3, -0.25) is 4.79 Å². The van der Waals surface area contributed by atoms with E-state index in [9.17, 15) is 4.79 Å². The molecular formula is C24H16Cl2O3. The van der Waals surface area contributed by atoms with E-state index in [-0.39, 0.29) is 5.78 Å². The van der Waals surface area contributed by atoms with Gasteiger partial charge in [-0.15, -0.1) is 0 Å². The van der Waals surface area contributed by atoms with Crippen LogP contribution in [0.4, 0.5) is 0 Å². The maximum absolute atomic E-state index is 12.8. The molecule has 0 amide bonds. The maximum Gasteiger partial charge on any atom is 0.186 e. The van der Waals surface area contributed by atoms with E-state index in [1.165, 1.54) is 0 Å². The van der Waals surface area contributed by atoms with Crippen LogP contribution in [0.25, 0.3) is 11.3 Å². The van der Waals surface area contributed by atoms with Crippen molar-refractivity contribution in [1.82, 2.24) is 0 Å². The zero-order valence-corrected chi connectivity index (χ0v) is 17.0. The number of hydrogen-bond acceptors (Lipinski definition) is 3. The molecule has 0 radical (unpaired) electrons. The van der Waals surface area contributed by atoms with Crippen molar-refractivity contribution in [3.8, 4) is 11.5 Å². The van der Waals surface area contributed by atoms with E-state index in [0.717, 1.165) is 16.7 Å². The number of ether oxygens (including phenoxy) is 2. The zero-order chi connectivity index (χ0) is 20.4. The van der Waals surface area contributed by atoms with Crippen LogP contribution in [0.5, 0.6) is 11.5 Å². The Morgan fingerprint density at radius 3 is 2.24 bits per heavy atom. The largest absolute Gasteiger partial charge is 0.493 e. The van der Waals surface area contributed by atoms with E-state index in [2.05, 4.69) is 0 Å². The Balaban J connectivity index is 1.82. The maximum atomic E-state index is 12.8. The van der Waals surface area contributed by atoms with Crippen molar-refractivity contribution in [2.75, 3.05) is 7.11 Å². The van der Waals surface area contributed by atoms with Gasteiger partial charge < -0.3 is 9.47 Å². The molecule has 29 heavy (non-hydrogen) atoms. The fraction of sp³-hybridized carbons (Fsp3) is 0.0417. The first-order valence-corrected chi connectivity index (χ1v) is 9.65. The second-order valence-corrected chi connectivity index (χ2v) is 7.30. The van der Waals surface area contributed by atoms with Crippen molar-refractivity contribution in [2.24, 2.45) is 0 Å². The van der Waals surface area contributed by atoms with Crippen LogP contribution < -0.4 is 9.47 Å². The first-order valence-electron chi connectivity index (χ1n) is 8.89. The van der Waals surface area contributed by atoms with Crippen molar-refractivity contribution in [1.29, 1.82) is 0 Å². The predicted molar refractivity (Wildman–Crippen MR) is 117 cm³/mol. The normalized spacial score (nSPS) is 14.0. The average molecular weight is 423 g/mol. The van der Waals surface area contributed by atoms with E-state index in [0.29, 0.717) is 32.9 Å². The highest BCUT2D eigenvalue weighted by atomic mass is 35.5. The van der Waals surface area contributed by atoms with E-state index in [1.807, 2.05) is 36.4 Å². The Bertz CT molecular complexity index is 1130. The molecule has 0 saturated heterocycles. The van der Waals surface area contributed by atoms with Crippen molar-refractivity contribution < 1.29 is 14.3 Å². The number of hydrogen-bond donors (Lipinski definition) is 0. The van der Waals surface area contributed by atoms with Gasteiger partial charge in [0.05, 0.1) is 7.11 Å². The zero-order valence-electron chi connectivity index (χ0n) is 15.5. The van der Waals surface area contributed by atoms with Gasteiger partial charge in [0, 0.05) is 26.7 Å². The third-order valence-electron chi connectivity index (χ3n) is 4.55. The lowest BCUT2D eigenvalue weighted by Crippen LogP contribution is -2.06. The molecule has 0 saturated carbocycles. The number of allylic oxidation sites excluding steroid dienone is 3. The lowest BCUT2D eigenvalue weighted by atomic mass is 9.96. The van der Waals surface area contributed by atoms with Crippen LogP contribution in [-0.4, -0.2) is 12.9 Å². The summed E-state index contributed by atoms with van der Waals surface area (Å²) in [4.78, 5) is 12.8. The van der Waals surface area contributed by atoms with Gasteiger partial charge in [0.15, 0.2) is 17.3 Å². The molecule has 4 rings (SSSR count). The van der Waals surface area contributed by atoms with Crippen LogP contribution >= 0.6 is 23.2 Å². The Morgan fingerprint density at radius 2 is 1.59 bits per heavy atom. The van der Waals surface area contributed by atoms with Crippen LogP contribution in [0.2, 0.25) is 10.0 Å². The third-order valence-corrected chi connectivity index (χ3v) is 5.06. The first kappa shape index (κ1) is 19.3. The molecule has 0 atom stereocenters. The average Bonchev–Trinajstić information content (AvgIpc) is 2.74. The van der Waals surface area contributed by atoms with Crippen LogP contribution in [0.3, 0.4) is 0 Å². The van der Waals surface area contributed by atoms with Gasteiger partial charge in [-0.25, -0.2) is 0 Å². The highest BCUT2D eigenvalue weighted by Crippen LogP contribution is 2.43. The summed E-state index contributed by atoms with van der Waals surface area (Å²) >= 11 is 11.9. The number of carbonyl (C=O) groups is 1. The van der Waals surface area contributed by atoms with Gasteiger partial charge in [-0.05, 0) is 72.3 Å². The van der Waals surface area contributed by atoms with Crippen molar-refractivity contribution >= 4 is 40.3 Å². The molecule has 3 aromatic carbocycles. The predicted octanol–water partition coefficient (Wildman–Crippen LogP) is 6.70. The van der Waals surface area contributed by atoms with Gasteiger partial charge in [0.2, 0.25) is 0 Å². The Hall–Kier alpha value is -3.01. The molecular weight excluding hydrogens is 407 g/mol. The number of benzene rings is 3. The van der Waals surface area contributed by atoms with E-state index < -0.39 is 0 Å². The molecule has 1 heterocycles. The van der Waals surface area contributed by atoms with E-state index >= 15 is 0 Å². The number of ketones is 1. The van der Waals surface area contributed by atoms with Gasteiger partial charge in [-0.1, -0.05) is 35.3 Å². The van der Waals surface area contributed by atoms with Gasteiger partial charge in [-0.2, -0.15) is 0 Å². The minimum atomic E-state index is -0.126. The summed E-state index contributed by atoms with van der Waals surface area (Å²) in [6.07, 6.45) is 3.44. The monoisotopic (exact) mass is 422 g/mol. The number of fused-ring (bicyclic) bond motifs is 1. The number of rotatable bonds is 4. The van der Waals surface area contributed by atoms with Crippen LogP contribution in [0.15, 0.2) is 78.9 Å². The molecule has 1 aliphatic heterocycles. The highest BCUT2D eigenvalue weighted by molar-refractivity contribution is 6.31. The SMILES string of the molecule is COc1cccc2c1OC(c1ccc(Cl)cc1)=C/C2=C\C(=O)c1ccc(Cl)cc1. The Labute approximate surface area is 178 Å². The molecule has 3 aromatic rings. The minimum Gasteiger partial charge on any atom is -0.493 e. The van der Waals surface area contributed by atoms with Crippen LogP contribution in [0.1, 0.15) is 21.5 Å². The second kappa shape index (κ2) is 8.16. The quantitative estimate of drug-likeness (QED) is 0.346. The standard InChI is InChI=1S/C24H16Cl2O3/c1-28-22-4-2-3-20-17(13-21(27)15-5-9-18(25)10-6-15)14-23(29-24(20)22)16-7-11-19(26)12-8-16/h2-14H,1H3/b17-13+. The lowest BCUT2D eigenvalue weighted by molar-refractivity contribution is 0.104. The minimum absolute atomic E-state index is 0.126. The number of halogens is 2. The second-order valence-electron chi connectivity index (χ2n) is 6.43. The first-order chi connectivity index (χ1) is 14.0. The van der Waals surface area contributed by atoms with E-state index in [1.54, 1.807) is 49.6 Å². The molecule has 0 spiro atoms. The number of para-hydroxylation sites is 1. The molecule has 3 nitrogen and oxygen atoms in total. The van der Waals surface area contributed by atoms with Gasteiger partial charge in [0.1, 0.15) is 5.76 Å². The molecule has 5 heteroatoms. The number of methoxy groups -OCH3 is 1.